The number of para-hydroxylation sites is 1. The van der Waals surface area contributed by atoms with Crippen LogP contribution in [0.3, 0.4) is 0 Å². The number of hydrogen-bond acceptors (Lipinski definition) is 3. The molecule has 0 aliphatic rings. The Hall–Kier alpha value is -1.81. The number of aromatic amines is 1. The maximum absolute atomic E-state index is 10.5. The lowest BCUT2D eigenvalue weighted by Crippen LogP contribution is -2.25. The Bertz CT molecular complexity index is 464. The number of aliphatic hydroxyl groups is 1. The third kappa shape index (κ3) is 1.67. The number of nitrogens with one attached hydrogen (secondary N) is 1. The van der Waals surface area contributed by atoms with Gasteiger partial charge in [-0.15, -0.1) is 0 Å². The topological polar surface area (TPSA) is 58.1 Å². The lowest BCUT2D eigenvalue weighted by molar-refractivity contribution is 0.0900. The second-order valence-corrected chi connectivity index (χ2v) is 3.71. The van der Waals surface area contributed by atoms with E-state index in [1.807, 2.05) is 24.3 Å². The molecule has 84 valence electrons. The van der Waals surface area contributed by atoms with Gasteiger partial charge in [0.15, 0.2) is 0 Å². The minimum absolute atomic E-state index is 0.497. The molecule has 2 N–H and O–H groups in total. The van der Waals surface area contributed by atoms with Gasteiger partial charge < -0.3 is 14.8 Å². The van der Waals surface area contributed by atoms with Crippen LogP contribution < -0.4 is 4.74 Å². The highest BCUT2D eigenvalue weighted by Gasteiger charge is 2.31. The van der Waals surface area contributed by atoms with Crippen molar-refractivity contribution < 1.29 is 9.84 Å². The lowest BCUT2D eigenvalue weighted by Gasteiger charge is -2.23. The molecule has 0 radical (unpaired) electrons. The zero-order valence-corrected chi connectivity index (χ0v) is 9.27. The minimum atomic E-state index is -1.18. The van der Waals surface area contributed by atoms with Gasteiger partial charge in [0.2, 0.25) is 0 Å². The number of hydrogen-bond donors (Lipinski definition) is 2. The summed E-state index contributed by atoms with van der Waals surface area (Å²) in [5.74, 6) is 1.14. The predicted molar refractivity (Wildman–Crippen MR) is 60.3 cm³/mol. The van der Waals surface area contributed by atoms with Crippen LogP contribution in [0.5, 0.6) is 5.75 Å². The highest BCUT2D eigenvalue weighted by molar-refractivity contribution is 5.40. The van der Waals surface area contributed by atoms with Crippen LogP contribution in [0.25, 0.3) is 0 Å². The molecule has 4 nitrogen and oxygen atoms in total. The number of methoxy groups -OCH3 is 1. The molecular weight excluding hydrogens is 204 g/mol. The molecule has 2 rings (SSSR count). The van der Waals surface area contributed by atoms with Gasteiger partial charge in [0.1, 0.15) is 17.2 Å². The summed E-state index contributed by atoms with van der Waals surface area (Å²) in [6, 6.07) is 7.35. The summed E-state index contributed by atoms with van der Waals surface area (Å²) in [7, 11) is 1.58. The van der Waals surface area contributed by atoms with Gasteiger partial charge in [-0.2, -0.15) is 0 Å². The van der Waals surface area contributed by atoms with Gasteiger partial charge in [-0.25, -0.2) is 4.98 Å². The third-order valence-electron chi connectivity index (χ3n) is 2.59. The van der Waals surface area contributed by atoms with Crippen LogP contribution in [0.4, 0.5) is 0 Å². The fraction of sp³-hybridized carbons (Fsp3) is 0.250. The van der Waals surface area contributed by atoms with Gasteiger partial charge >= 0.3 is 0 Å². The number of aromatic nitrogens is 2. The average molecular weight is 218 g/mol. The quantitative estimate of drug-likeness (QED) is 0.824. The normalized spacial score (nSPS) is 14.4. The smallest absolute Gasteiger partial charge is 0.148 e. The van der Waals surface area contributed by atoms with Gasteiger partial charge in [0, 0.05) is 18.0 Å². The molecular formula is C12H14N2O2. The zero-order valence-electron chi connectivity index (χ0n) is 9.27. The maximum Gasteiger partial charge on any atom is 0.148 e. The van der Waals surface area contributed by atoms with Crippen molar-refractivity contribution in [3.05, 3.63) is 48.0 Å². The van der Waals surface area contributed by atoms with E-state index >= 15 is 0 Å². The third-order valence-corrected chi connectivity index (χ3v) is 2.59. The Labute approximate surface area is 93.9 Å². The van der Waals surface area contributed by atoms with Crippen molar-refractivity contribution in [3.8, 4) is 5.75 Å². The standard InChI is InChI=1S/C12H14N2O2/c1-12(15,11-13-7-8-14-11)9-5-3-4-6-10(9)16-2/h3-8,15H,1-2H3,(H,13,14)/t12-/m0/s1. The van der Waals surface area contributed by atoms with E-state index in [1.165, 1.54) is 0 Å². The first-order valence-electron chi connectivity index (χ1n) is 5.02. The average Bonchev–Trinajstić information content (AvgIpc) is 2.83. The molecule has 0 saturated heterocycles. The highest BCUT2D eigenvalue weighted by Crippen LogP contribution is 2.33. The second-order valence-electron chi connectivity index (χ2n) is 3.71. The molecule has 0 saturated carbocycles. The maximum atomic E-state index is 10.5. The van der Waals surface area contributed by atoms with Crippen LogP contribution in [-0.2, 0) is 5.60 Å². The van der Waals surface area contributed by atoms with Crippen molar-refractivity contribution in [2.75, 3.05) is 7.11 Å². The molecule has 4 heteroatoms. The van der Waals surface area contributed by atoms with Crippen molar-refractivity contribution in [3.63, 3.8) is 0 Å². The Morgan fingerprint density at radius 1 is 1.38 bits per heavy atom. The molecule has 1 aromatic carbocycles. The summed E-state index contributed by atoms with van der Waals surface area (Å²) in [5.41, 5.74) is -0.497. The van der Waals surface area contributed by atoms with Gasteiger partial charge in [0.25, 0.3) is 0 Å². The Kier molecular flexibility index (Phi) is 2.66. The molecule has 16 heavy (non-hydrogen) atoms. The summed E-state index contributed by atoms with van der Waals surface area (Å²) >= 11 is 0. The monoisotopic (exact) mass is 218 g/mol. The molecule has 0 aliphatic carbocycles. The molecule has 0 fully saturated rings. The van der Waals surface area contributed by atoms with Crippen LogP contribution >= 0.6 is 0 Å². The number of H-pyrrole nitrogens is 1. The fourth-order valence-corrected chi connectivity index (χ4v) is 1.71. The van der Waals surface area contributed by atoms with Crippen LogP contribution in [0.2, 0.25) is 0 Å². The largest absolute Gasteiger partial charge is 0.496 e. The zero-order chi connectivity index (χ0) is 11.6. The Morgan fingerprint density at radius 2 is 2.12 bits per heavy atom. The molecule has 1 atom stereocenters. The summed E-state index contributed by atoms with van der Waals surface area (Å²) in [4.78, 5) is 6.99. The Balaban J connectivity index is 2.51. The van der Waals surface area contributed by atoms with E-state index in [1.54, 1.807) is 26.4 Å². The summed E-state index contributed by atoms with van der Waals surface area (Å²) in [6.45, 7) is 1.68. The van der Waals surface area contributed by atoms with E-state index in [0.29, 0.717) is 17.1 Å². The van der Waals surface area contributed by atoms with E-state index in [9.17, 15) is 5.11 Å². The first-order valence-corrected chi connectivity index (χ1v) is 5.02. The molecule has 0 amide bonds. The minimum Gasteiger partial charge on any atom is -0.496 e. The van der Waals surface area contributed by atoms with E-state index in [-0.39, 0.29) is 0 Å². The SMILES string of the molecule is COc1ccccc1[C@](C)(O)c1ncc[nH]1. The number of rotatable bonds is 3. The van der Waals surface area contributed by atoms with Crippen LogP contribution in [0.15, 0.2) is 36.7 Å². The van der Waals surface area contributed by atoms with Gasteiger partial charge in [-0.1, -0.05) is 18.2 Å². The predicted octanol–water partition coefficient (Wildman–Crippen LogP) is 1.67. The molecule has 2 aromatic rings. The molecule has 0 spiro atoms. The first kappa shape index (κ1) is 10.7. The summed E-state index contributed by atoms with van der Waals surface area (Å²) < 4.78 is 5.23. The van der Waals surface area contributed by atoms with Crippen molar-refractivity contribution in [2.45, 2.75) is 12.5 Å². The van der Waals surface area contributed by atoms with Crippen LogP contribution in [-0.4, -0.2) is 22.2 Å². The van der Waals surface area contributed by atoms with E-state index < -0.39 is 5.60 Å². The summed E-state index contributed by atoms with van der Waals surface area (Å²) in [6.07, 6.45) is 3.29. The van der Waals surface area contributed by atoms with Crippen LogP contribution in [0, 0.1) is 0 Å². The van der Waals surface area contributed by atoms with E-state index in [2.05, 4.69) is 9.97 Å². The van der Waals surface area contributed by atoms with Gasteiger partial charge in [-0.05, 0) is 13.0 Å². The van der Waals surface area contributed by atoms with Gasteiger partial charge in [0.05, 0.1) is 7.11 Å². The van der Waals surface area contributed by atoms with E-state index in [0.717, 1.165) is 0 Å². The van der Waals surface area contributed by atoms with E-state index in [4.69, 9.17) is 4.74 Å². The Morgan fingerprint density at radius 3 is 2.75 bits per heavy atom. The number of benzene rings is 1. The van der Waals surface area contributed by atoms with Crippen molar-refractivity contribution in [2.24, 2.45) is 0 Å². The van der Waals surface area contributed by atoms with Gasteiger partial charge in [-0.3, -0.25) is 0 Å². The fourth-order valence-electron chi connectivity index (χ4n) is 1.71. The van der Waals surface area contributed by atoms with Crippen molar-refractivity contribution >= 4 is 0 Å². The molecule has 1 aromatic heterocycles. The highest BCUT2D eigenvalue weighted by atomic mass is 16.5. The molecule has 0 unspecified atom stereocenters. The molecule has 0 aliphatic heterocycles. The van der Waals surface area contributed by atoms with Crippen LogP contribution in [0.1, 0.15) is 18.3 Å². The number of ether oxygens (including phenoxy) is 1. The molecule has 0 bridgehead atoms. The second kappa shape index (κ2) is 3.98. The first-order chi connectivity index (χ1) is 7.66. The lowest BCUT2D eigenvalue weighted by atomic mass is 9.94. The molecule has 1 heterocycles. The summed E-state index contributed by atoms with van der Waals surface area (Å²) in [5, 5.41) is 10.5. The van der Waals surface area contributed by atoms with Crippen molar-refractivity contribution in [1.82, 2.24) is 9.97 Å². The number of imidazole rings is 1. The van der Waals surface area contributed by atoms with Crippen molar-refractivity contribution in [1.29, 1.82) is 0 Å². The number of nitrogens with zero attached hydrogens (tertiary/aromatic N) is 1.